The summed E-state index contributed by atoms with van der Waals surface area (Å²) in [6, 6.07) is 8.83. The molecule has 8 nitrogen and oxygen atoms in total. The number of aromatic nitrogens is 3. The maximum absolute atomic E-state index is 12.9. The fourth-order valence-electron chi connectivity index (χ4n) is 2.53. The van der Waals surface area contributed by atoms with E-state index in [0.717, 1.165) is 5.56 Å². The summed E-state index contributed by atoms with van der Waals surface area (Å²) in [7, 11) is 4.75. The highest BCUT2D eigenvalue weighted by Gasteiger charge is 2.22. The minimum atomic E-state index is -0.186. The second kappa shape index (κ2) is 9.25. The van der Waals surface area contributed by atoms with Gasteiger partial charge in [0, 0.05) is 30.6 Å². The van der Waals surface area contributed by atoms with Gasteiger partial charge in [0.2, 0.25) is 5.13 Å². The Kier molecular flexibility index (Phi) is 6.51. The van der Waals surface area contributed by atoms with E-state index in [9.17, 15) is 4.79 Å². The van der Waals surface area contributed by atoms with Crippen LogP contribution in [0.1, 0.15) is 10.4 Å². The van der Waals surface area contributed by atoms with E-state index >= 15 is 0 Å². The van der Waals surface area contributed by atoms with Crippen LogP contribution in [0.5, 0.6) is 11.5 Å². The molecule has 146 valence electrons. The molecule has 3 aromatic rings. The van der Waals surface area contributed by atoms with Crippen LogP contribution in [0.25, 0.3) is 10.6 Å². The Morgan fingerprint density at radius 2 is 1.79 bits per heavy atom. The third-order valence-electron chi connectivity index (χ3n) is 3.97. The summed E-state index contributed by atoms with van der Waals surface area (Å²) in [5.74, 6) is 1.04. The van der Waals surface area contributed by atoms with Gasteiger partial charge in [-0.15, -0.1) is 10.2 Å². The zero-order chi connectivity index (χ0) is 19.9. The molecule has 0 bridgehead atoms. The summed E-state index contributed by atoms with van der Waals surface area (Å²) in [6.07, 6.45) is 3.16. The molecule has 0 unspecified atom stereocenters. The molecule has 1 amide bonds. The molecule has 0 aliphatic heterocycles. The lowest BCUT2D eigenvalue weighted by Crippen LogP contribution is -2.33. The van der Waals surface area contributed by atoms with Gasteiger partial charge in [0.1, 0.15) is 5.01 Å². The third kappa shape index (κ3) is 4.26. The summed E-state index contributed by atoms with van der Waals surface area (Å²) < 4.78 is 15.8. The van der Waals surface area contributed by atoms with Crippen LogP contribution in [0.2, 0.25) is 0 Å². The number of pyridine rings is 1. The van der Waals surface area contributed by atoms with E-state index < -0.39 is 0 Å². The maximum Gasteiger partial charge on any atom is 0.260 e. The smallest absolute Gasteiger partial charge is 0.260 e. The number of amides is 1. The standard InChI is InChI=1S/C19H20N4O4S/c1-25-11-10-23(18(24)13-6-8-20-9-7-13)19-22-21-17(28-19)14-4-5-15(26-2)16(12-14)27-3/h4-9,12H,10-11H2,1-3H3. The largest absolute Gasteiger partial charge is 0.493 e. The van der Waals surface area contributed by atoms with E-state index in [1.807, 2.05) is 12.1 Å². The number of ether oxygens (including phenoxy) is 3. The van der Waals surface area contributed by atoms with Gasteiger partial charge < -0.3 is 14.2 Å². The van der Waals surface area contributed by atoms with Gasteiger partial charge in [0.05, 0.1) is 27.4 Å². The van der Waals surface area contributed by atoms with E-state index in [4.69, 9.17) is 14.2 Å². The van der Waals surface area contributed by atoms with Gasteiger partial charge in [0.25, 0.3) is 5.91 Å². The van der Waals surface area contributed by atoms with E-state index in [1.165, 1.54) is 11.3 Å². The van der Waals surface area contributed by atoms with Crippen LogP contribution >= 0.6 is 11.3 Å². The predicted octanol–water partition coefficient (Wildman–Crippen LogP) is 2.91. The normalized spacial score (nSPS) is 10.5. The molecule has 0 N–H and O–H groups in total. The second-order valence-corrected chi connectivity index (χ2v) is 6.60. The molecule has 0 saturated carbocycles. The van der Waals surface area contributed by atoms with E-state index in [2.05, 4.69) is 15.2 Å². The van der Waals surface area contributed by atoms with Crippen molar-refractivity contribution in [2.75, 3.05) is 39.4 Å². The minimum Gasteiger partial charge on any atom is -0.493 e. The Morgan fingerprint density at radius 1 is 1.04 bits per heavy atom. The summed E-state index contributed by atoms with van der Waals surface area (Å²) in [5, 5.41) is 9.63. The molecule has 28 heavy (non-hydrogen) atoms. The molecule has 1 aromatic carbocycles. The molecule has 9 heteroatoms. The molecular weight excluding hydrogens is 380 g/mol. The number of carbonyl (C=O) groups is 1. The SMILES string of the molecule is COCCN(C(=O)c1ccncc1)c1nnc(-c2ccc(OC)c(OC)c2)s1. The number of anilines is 1. The summed E-state index contributed by atoms with van der Waals surface area (Å²) in [5.41, 5.74) is 1.35. The van der Waals surface area contributed by atoms with E-state index in [-0.39, 0.29) is 5.91 Å². The molecule has 2 heterocycles. The van der Waals surface area contributed by atoms with Crippen LogP contribution in [0, 0.1) is 0 Å². The monoisotopic (exact) mass is 400 g/mol. The number of rotatable bonds is 8. The van der Waals surface area contributed by atoms with Crippen molar-refractivity contribution in [3.63, 3.8) is 0 Å². The zero-order valence-electron chi connectivity index (χ0n) is 15.8. The van der Waals surface area contributed by atoms with Crippen molar-refractivity contribution in [2.45, 2.75) is 0 Å². The van der Waals surface area contributed by atoms with Gasteiger partial charge in [0.15, 0.2) is 11.5 Å². The lowest BCUT2D eigenvalue weighted by molar-refractivity contribution is 0.0975. The Bertz CT molecular complexity index is 933. The number of methoxy groups -OCH3 is 3. The lowest BCUT2D eigenvalue weighted by Gasteiger charge is -2.18. The highest BCUT2D eigenvalue weighted by atomic mass is 32.1. The van der Waals surface area contributed by atoms with Crippen LogP contribution in [-0.2, 0) is 4.74 Å². The van der Waals surface area contributed by atoms with Gasteiger partial charge in [-0.3, -0.25) is 14.7 Å². The van der Waals surface area contributed by atoms with Gasteiger partial charge in [-0.2, -0.15) is 0 Å². The predicted molar refractivity (Wildman–Crippen MR) is 106 cm³/mol. The highest BCUT2D eigenvalue weighted by Crippen LogP contribution is 2.35. The fraction of sp³-hybridized carbons (Fsp3) is 0.263. The Labute approximate surface area is 166 Å². The number of hydrogen-bond acceptors (Lipinski definition) is 8. The van der Waals surface area contributed by atoms with Crippen molar-refractivity contribution in [1.29, 1.82) is 0 Å². The number of nitrogens with zero attached hydrogens (tertiary/aromatic N) is 4. The first kappa shape index (κ1) is 19.7. The van der Waals surface area contributed by atoms with Crippen LogP contribution in [0.3, 0.4) is 0 Å². The van der Waals surface area contributed by atoms with Crippen LogP contribution in [0.4, 0.5) is 5.13 Å². The van der Waals surface area contributed by atoms with Crippen LogP contribution in [0.15, 0.2) is 42.7 Å². The van der Waals surface area contributed by atoms with Crippen LogP contribution < -0.4 is 14.4 Å². The van der Waals surface area contributed by atoms with Crippen molar-refractivity contribution in [3.05, 3.63) is 48.3 Å². The van der Waals surface area contributed by atoms with Gasteiger partial charge >= 0.3 is 0 Å². The maximum atomic E-state index is 12.9. The van der Waals surface area contributed by atoms with Crippen LogP contribution in [-0.4, -0.2) is 55.6 Å². The molecule has 0 radical (unpaired) electrons. The Morgan fingerprint density at radius 3 is 2.46 bits per heavy atom. The quantitative estimate of drug-likeness (QED) is 0.574. The highest BCUT2D eigenvalue weighted by molar-refractivity contribution is 7.18. The van der Waals surface area contributed by atoms with Crippen molar-refractivity contribution >= 4 is 22.4 Å². The van der Waals surface area contributed by atoms with Crippen molar-refractivity contribution in [1.82, 2.24) is 15.2 Å². The molecule has 2 aromatic heterocycles. The Hall–Kier alpha value is -3.04. The first-order valence-electron chi connectivity index (χ1n) is 8.44. The molecule has 0 spiro atoms. The van der Waals surface area contributed by atoms with Gasteiger partial charge in [-0.05, 0) is 30.3 Å². The second-order valence-electron chi connectivity index (χ2n) is 5.65. The number of benzene rings is 1. The minimum absolute atomic E-state index is 0.186. The van der Waals surface area contributed by atoms with Crippen molar-refractivity contribution < 1.29 is 19.0 Å². The first-order valence-corrected chi connectivity index (χ1v) is 9.26. The number of carbonyl (C=O) groups excluding carboxylic acids is 1. The fourth-order valence-corrected chi connectivity index (χ4v) is 3.39. The zero-order valence-corrected chi connectivity index (χ0v) is 16.6. The van der Waals surface area contributed by atoms with Gasteiger partial charge in [-0.1, -0.05) is 11.3 Å². The summed E-state index contributed by atoms with van der Waals surface area (Å²) in [6.45, 7) is 0.736. The molecule has 3 rings (SSSR count). The number of hydrogen-bond donors (Lipinski definition) is 0. The molecule has 0 saturated heterocycles. The Balaban J connectivity index is 1.91. The first-order chi connectivity index (χ1) is 13.7. The average Bonchev–Trinajstić information content (AvgIpc) is 3.24. The lowest BCUT2D eigenvalue weighted by atomic mass is 10.2. The van der Waals surface area contributed by atoms with Gasteiger partial charge in [-0.25, -0.2) is 0 Å². The molecule has 0 aliphatic carbocycles. The topological polar surface area (TPSA) is 86.7 Å². The summed E-state index contributed by atoms with van der Waals surface area (Å²) >= 11 is 1.32. The molecule has 0 fully saturated rings. The molecule has 0 aliphatic rings. The molecule has 0 atom stereocenters. The molecular formula is C19H20N4O4S. The van der Waals surface area contributed by atoms with E-state index in [0.29, 0.717) is 40.4 Å². The van der Waals surface area contributed by atoms with E-state index in [1.54, 1.807) is 56.8 Å². The third-order valence-corrected chi connectivity index (χ3v) is 4.96. The van der Waals surface area contributed by atoms with Crippen molar-refractivity contribution in [2.24, 2.45) is 0 Å². The average molecular weight is 400 g/mol. The summed E-state index contributed by atoms with van der Waals surface area (Å²) in [4.78, 5) is 18.4. The van der Waals surface area contributed by atoms with Crippen molar-refractivity contribution in [3.8, 4) is 22.1 Å².